The van der Waals surface area contributed by atoms with Gasteiger partial charge in [-0.15, -0.1) is 17.9 Å². The number of hydrogen-bond acceptors (Lipinski definition) is 4. The molecule has 5 heteroatoms. The number of thiophene rings is 1. The average molecular weight is 358 g/mol. The van der Waals surface area contributed by atoms with Crippen LogP contribution in [0.1, 0.15) is 24.3 Å². The van der Waals surface area contributed by atoms with Gasteiger partial charge in [-0.1, -0.05) is 44.2 Å². The van der Waals surface area contributed by atoms with Crippen LogP contribution in [0, 0.1) is 0 Å². The Morgan fingerprint density at radius 1 is 1.17 bits per heavy atom. The quantitative estimate of drug-likeness (QED) is 0.452. The van der Waals surface area contributed by atoms with Gasteiger partial charge in [0.2, 0.25) is 5.28 Å². The highest BCUT2D eigenvalue weighted by atomic mass is 35.5. The minimum atomic E-state index is 0.269. The van der Waals surface area contributed by atoms with Gasteiger partial charge in [-0.2, -0.15) is 0 Å². The minimum absolute atomic E-state index is 0.269. The number of nitrogens with one attached hydrogen (secondary N) is 1. The SMILES string of the molecule is C=CCNc1nc(Cl)nc2sc(CC)c(-c3ccc(CC)cc3)c12. The zero-order chi connectivity index (χ0) is 17.1. The van der Waals surface area contributed by atoms with Crippen molar-refractivity contribution in [1.82, 2.24) is 9.97 Å². The van der Waals surface area contributed by atoms with Gasteiger partial charge in [-0.25, -0.2) is 9.97 Å². The van der Waals surface area contributed by atoms with Crippen LogP contribution in [0.2, 0.25) is 5.28 Å². The molecule has 0 unspecified atom stereocenters. The Hall–Kier alpha value is -1.91. The Balaban J connectivity index is 2.25. The van der Waals surface area contributed by atoms with Gasteiger partial charge < -0.3 is 5.32 Å². The molecule has 0 saturated heterocycles. The van der Waals surface area contributed by atoms with Crippen molar-refractivity contribution in [2.45, 2.75) is 26.7 Å². The number of benzene rings is 1. The Labute approximate surface area is 151 Å². The number of aromatic nitrogens is 2. The van der Waals surface area contributed by atoms with E-state index in [9.17, 15) is 0 Å². The predicted molar refractivity (Wildman–Crippen MR) is 105 cm³/mol. The minimum Gasteiger partial charge on any atom is -0.366 e. The van der Waals surface area contributed by atoms with Gasteiger partial charge >= 0.3 is 0 Å². The number of nitrogens with zero attached hydrogens (tertiary/aromatic N) is 2. The first-order chi connectivity index (χ1) is 11.7. The smallest absolute Gasteiger partial charge is 0.225 e. The third-order valence-corrected chi connectivity index (χ3v) is 5.38. The molecule has 0 atom stereocenters. The lowest BCUT2D eigenvalue weighted by Gasteiger charge is -2.09. The molecule has 0 aliphatic carbocycles. The summed E-state index contributed by atoms with van der Waals surface area (Å²) >= 11 is 7.80. The third-order valence-electron chi connectivity index (χ3n) is 3.98. The number of rotatable bonds is 6. The summed E-state index contributed by atoms with van der Waals surface area (Å²) in [5.74, 6) is 0.774. The van der Waals surface area contributed by atoms with E-state index >= 15 is 0 Å². The van der Waals surface area contributed by atoms with E-state index in [1.807, 2.05) is 6.08 Å². The first-order valence-corrected chi connectivity index (χ1v) is 9.30. The lowest BCUT2D eigenvalue weighted by Crippen LogP contribution is -2.02. The summed E-state index contributed by atoms with van der Waals surface area (Å²) in [6, 6.07) is 8.74. The van der Waals surface area contributed by atoms with E-state index in [2.05, 4.69) is 60.0 Å². The largest absolute Gasteiger partial charge is 0.366 e. The topological polar surface area (TPSA) is 37.8 Å². The molecule has 0 radical (unpaired) electrons. The molecule has 1 aromatic carbocycles. The molecule has 2 heterocycles. The number of aryl methyl sites for hydroxylation is 2. The van der Waals surface area contributed by atoms with Gasteiger partial charge in [0, 0.05) is 17.0 Å². The van der Waals surface area contributed by atoms with E-state index in [1.165, 1.54) is 21.6 Å². The van der Waals surface area contributed by atoms with Gasteiger partial charge in [-0.3, -0.25) is 0 Å². The molecular weight excluding hydrogens is 338 g/mol. The van der Waals surface area contributed by atoms with Crippen LogP contribution >= 0.6 is 22.9 Å². The van der Waals surface area contributed by atoms with E-state index in [-0.39, 0.29) is 5.28 Å². The summed E-state index contributed by atoms with van der Waals surface area (Å²) in [6.45, 7) is 8.73. The van der Waals surface area contributed by atoms with Crippen molar-refractivity contribution in [3.63, 3.8) is 0 Å². The molecule has 2 aromatic heterocycles. The van der Waals surface area contributed by atoms with Crippen LogP contribution in [0.15, 0.2) is 36.9 Å². The van der Waals surface area contributed by atoms with Crippen molar-refractivity contribution in [1.29, 1.82) is 0 Å². The highest BCUT2D eigenvalue weighted by Crippen LogP contribution is 2.41. The van der Waals surface area contributed by atoms with Crippen molar-refractivity contribution in [2.75, 3.05) is 11.9 Å². The Kier molecular flexibility index (Phi) is 5.17. The third kappa shape index (κ3) is 3.17. The van der Waals surface area contributed by atoms with E-state index < -0.39 is 0 Å². The molecule has 0 saturated carbocycles. The maximum Gasteiger partial charge on any atom is 0.225 e. The van der Waals surface area contributed by atoms with Crippen LogP contribution in [0.3, 0.4) is 0 Å². The molecule has 0 amide bonds. The summed E-state index contributed by atoms with van der Waals surface area (Å²) < 4.78 is 0. The van der Waals surface area contributed by atoms with Crippen molar-refractivity contribution in [3.05, 3.63) is 52.6 Å². The van der Waals surface area contributed by atoms with Gasteiger partial charge in [0.05, 0.1) is 5.39 Å². The Bertz CT molecular complexity index is 868. The second-order valence-electron chi connectivity index (χ2n) is 5.50. The fourth-order valence-corrected chi connectivity index (χ4v) is 4.13. The molecule has 1 N–H and O–H groups in total. The number of fused-ring (bicyclic) bond motifs is 1. The fourth-order valence-electron chi connectivity index (χ4n) is 2.78. The number of anilines is 1. The molecule has 3 aromatic rings. The van der Waals surface area contributed by atoms with Crippen molar-refractivity contribution in [2.24, 2.45) is 0 Å². The Morgan fingerprint density at radius 3 is 2.54 bits per heavy atom. The second-order valence-corrected chi connectivity index (χ2v) is 6.92. The van der Waals surface area contributed by atoms with Crippen LogP contribution in [0.25, 0.3) is 21.3 Å². The van der Waals surface area contributed by atoms with Crippen LogP contribution in [0.5, 0.6) is 0 Å². The molecule has 0 fully saturated rings. The molecule has 0 aliphatic rings. The number of halogens is 1. The average Bonchev–Trinajstić information content (AvgIpc) is 2.98. The molecule has 3 rings (SSSR count). The first-order valence-electron chi connectivity index (χ1n) is 8.10. The predicted octanol–water partition coefficient (Wildman–Crippen LogP) is 5.73. The zero-order valence-electron chi connectivity index (χ0n) is 13.9. The van der Waals surface area contributed by atoms with Gasteiger partial charge in [-0.05, 0) is 35.6 Å². The highest BCUT2D eigenvalue weighted by Gasteiger charge is 2.19. The standard InChI is InChI=1S/C19H20ClN3S/c1-4-11-21-17-16-15(13-9-7-12(5-2)8-10-13)14(6-3)24-18(16)23-19(20)22-17/h4,7-10H,1,5-6,11H2,2-3H3,(H,21,22,23). The van der Waals surface area contributed by atoms with Gasteiger partial charge in [0.15, 0.2) is 0 Å². The van der Waals surface area contributed by atoms with Crippen molar-refractivity contribution >= 4 is 39.0 Å². The van der Waals surface area contributed by atoms with E-state index in [1.54, 1.807) is 11.3 Å². The molecule has 124 valence electrons. The Morgan fingerprint density at radius 2 is 1.92 bits per heavy atom. The second kappa shape index (κ2) is 7.32. The highest BCUT2D eigenvalue weighted by molar-refractivity contribution is 7.19. The number of hydrogen-bond donors (Lipinski definition) is 1. The summed E-state index contributed by atoms with van der Waals surface area (Å²) in [6.07, 6.45) is 3.80. The van der Waals surface area contributed by atoms with Gasteiger partial charge in [0.1, 0.15) is 10.6 Å². The summed E-state index contributed by atoms with van der Waals surface area (Å²) in [7, 11) is 0. The summed E-state index contributed by atoms with van der Waals surface area (Å²) in [4.78, 5) is 11.1. The fraction of sp³-hybridized carbons (Fsp3) is 0.263. The monoisotopic (exact) mass is 357 g/mol. The lowest BCUT2D eigenvalue weighted by atomic mass is 10.00. The van der Waals surface area contributed by atoms with Crippen LogP contribution in [0.4, 0.5) is 5.82 Å². The first kappa shape index (κ1) is 16.9. The molecule has 0 spiro atoms. The van der Waals surface area contributed by atoms with E-state index in [0.717, 1.165) is 28.9 Å². The van der Waals surface area contributed by atoms with Gasteiger partial charge in [0.25, 0.3) is 0 Å². The van der Waals surface area contributed by atoms with E-state index in [4.69, 9.17) is 11.6 Å². The van der Waals surface area contributed by atoms with Crippen LogP contribution in [-0.4, -0.2) is 16.5 Å². The molecule has 0 aliphatic heterocycles. The van der Waals surface area contributed by atoms with Crippen LogP contribution in [-0.2, 0) is 12.8 Å². The summed E-state index contributed by atoms with van der Waals surface area (Å²) in [5, 5.41) is 4.62. The van der Waals surface area contributed by atoms with E-state index in [0.29, 0.717) is 6.54 Å². The van der Waals surface area contributed by atoms with Crippen LogP contribution < -0.4 is 5.32 Å². The maximum atomic E-state index is 6.11. The molecule has 24 heavy (non-hydrogen) atoms. The molecular formula is C19H20ClN3S. The normalized spacial score (nSPS) is 11.0. The molecule has 3 nitrogen and oxygen atoms in total. The summed E-state index contributed by atoms with van der Waals surface area (Å²) in [5.41, 5.74) is 3.74. The van der Waals surface area contributed by atoms with Crippen molar-refractivity contribution in [3.8, 4) is 11.1 Å². The lowest BCUT2D eigenvalue weighted by molar-refractivity contribution is 1.14. The van der Waals surface area contributed by atoms with Crippen molar-refractivity contribution < 1.29 is 0 Å². The zero-order valence-corrected chi connectivity index (χ0v) is 15.5. The maximum absolute atomic E-state index is 6.11. The molecule has 0 bridgehead atoms.